The van der Waals surface area contributed by atoms with Crippen molar-refractivity contribution in [2.24, 2.45) is 0 Å². The second-order valence-electron chi connectivity index (χ2n) is 5.56. The first-order valence-corrected chi connectivity index (χ1v) is 7.78. The summed E-state index contributed by atoms with van der Waals surface area (Å²) in [4.78, 5) is 11.8. The number of methoxy groups -OCH3 is 1. The third kappa shape index (κ3) is 2.69. The highest BCUT2D eigenvalue weighted by atomic mass is 16.5. The number of nitrogens with zero attached hydrogens (tertiary/aromatic N) is 1. The minimum atomic E-state index is -0.321. The van der Waals surface area contributed by atoms with E-state index >= 15 is 0 Å². The average Bonchev–Trinajstić information content (AvgIpc) is 2.90. The summed E-state index contributed by atoms with van der Waals surface area (Å²) < 4.78 is 12.4. The number of nitrogen functional groups attached to an aromatic ring is 1. The van der Waals surface area contributed by atoms with Crippen molar-refractivity contribution in [1.82, 2.24) is 4.57 Å². The fourth-order valence-corrected chi connectivity index (χ4v) is 2.79. The highest BCUT2D eigenvalue weighted by Crippen LogP contribution is 2.32. The minimum Gasteiger partial charge on any atom is -0.496 e. The van der Waals surface area contributed by atoms with Crippen LogP contribution in [0.15, 0.2) is 42.6 Å². The third-order valence-electron chi connectivity index (χ3n) is 4.01. The Hall–Kier alpha value is -2.95. The number of hydrogen-bond acceptors (Lipinski definition) is 4. The van der Waals surface area contributed by atoms with Gasteiger partial charge >= 0.3 is 5.97 Å². The molecule has 124 valence electrons. The monoisotopic (exact) mass is 324 g/mol. The van der Waals surface area contributed by atoms with E-state index in [-0.39, 0.29) is 5.97 Å². The molecule has 0 aliphatic heterocycles. The van der Waals surface area contributed by atoms with E-state index in [9.17, 15) is 4.79 Å². The number of hydrogen-bond donors (Lipinski definition) is 1. The number of rotatable bonds is 4. The lowest BCUT2D eigenvalue weighted by Crippen LogP contribution is -2.04. The Morgan fingerprint density at radius 3 is 2.54 bits per heavy atom. The van der Waals surface area contributed by atoms with E-state index in [1.807, 2.05) is 42.0 Å². The molecule has 0 unspecified atom stereocenters. The molecule has 0 radical (unpaired) electrons. The smallest absolute Gasteiger partial charge is 0.338 e. The molecule has 0 saturated heterocycles. The quantitative estimate of drug-likeness (QED) is 0.743. The maximum atomic E-state index is 11.8. The Morgan fingerprint density at radius 2 is 1.92 bits per heavy atom. The van der Waals surface area contributed by atoms with Crippen LogP contribution in [-0.4, -0.2) is 24.3 Å². The largest absolute Gasteiger partial charge is 0.496 e. The molecule has 24 heavy (non-hydrogen) atoms. The molecule has 5 nitrogen and oxygen atoms in total. The molecule has 0 bridgehead atoms. The van der Waals surface area contributed by atoms with E-state index < -0.39 is 0 Å². The van der Waals surface area contributed by atoms with Crippen molar-refractivity contribution in [3.8, 4) is 11.4 Å². The molecule has 1 aromatic heterocycles. The van der Waals surface area contributed by atoms with E-state index in [1.165, 1.54) is 0 Å². The number of esters is 1. The van der Waals surface area contributed by atoms with E-state index in [0.717, 1.165) is 27.9 Å². The molecule has 0 aliphatic carbocycles. The first kappa shape index (κ1) is 15.9. The topological polar surface area (TPSA) is 66.5 Å². The first-order chi connectivity index (χ1) is 11.5. The number of anilines is 1. The van der Waals surface area contributed by atoms with Crippen molar-refractivity contribution in [3.05, 3.63) is 53.7 Å². The molecule has 1 heterocycles. The average molecular weight is 324 g/mol. The molecule has 3 rings (SSSR count). The second kappa shape index (κ2) is 6.28. The summed E-state index contributed by atoms with van der Waals surface area (Å²) in [6.07, 6.45) is 1.88. The van der Waals surface area contributed by atoms with Crippen molar-refractivity contribution in [1.29, 1.82) is 0 Å². The molecule has 0 spiro atoms. The predicted molar refractivity (Wildman–Crippen MR) is 94.9 cm³/mol. The second-order valence-corrected chi connectivity index (χ2v) is 5.56. The van der Waals surface area contributed by atoms with Gasteiger partial charge < -0.3 is 19.8 Å². The SMILES string of the molecule is CCOC(=O)c1ccc(-n2cc(N)c3cc(C)c(OC)cc32)cc1. The Morgan fingerprint density at radius 1 is 1.21 bits per heavy atom. The Labute approximate surface area is 140 Å². The number of aromatic nitrogens is 1. The van der Waals surface area contributed by atoms with Crippen LogP contribution >= 0.6 is 0 Å². The first-order valence-electron chi connectivity index (χ1n) is 7.78. The van der Waals surface area contributed by atoms with Gasteiger partial charge in [-0.25, -0.2) is 4.79 Å². The highest BCUT2D eigenvalue weighted by Gasteiger charge is 2.12. The molecule has 3 aromatic rings. The molecule has 0 amide bonds. The Balaban J connectivity index is 2.07. The van der Waals surface area contributed by atoms with Crippen LogP contribution in [-0.2, 0) is 4.74 Å². The molecule has 0 atom stereocenters. The summed E-state index contributed by atoms with van der Waals surface area (Å²) in [7, 11) is 1.65. The maximum Gasteiger partial charge on any atom is 0.338 e. The van der Waals surface area contributed by atoms with E-state index in [1.54, 1.807) is 26.2 Å². The highest BCUT2D eigenvalue weighted by molar-refractivity contribution is 5.95. The van der Waals surface area contributed by atoms with Crippen LogP contribution in [0.2, 0.25) is 0 Å². The zero-order chi connectivity index (χ0) is 17.3. The van der Waals surface area contributed by atoms with Crippen molar-refractivity contribution < 1.29 is 14.3 Å². The van der Waals surface area contributed by atoms with Crippen molar-refractivity contribution in [3.63, 3.8) is 0 Å². The van der Waals surface area contributed by atoms with Crippen molar-refractivity contribution in [2.75, 3.05) is 19.5 Å². The van der Waals surface area contributed by atoms with Crippen LogP contribution in [0.3, 0.4) is 0 Å². The lowest BCUT2D eigenvalue weighted by Gasteiger charge is -2.09. The normalized spacial score (nSPS) is 10.8. The fraction of sp³-hybridized carbons (Fsp3) is 0.211. The third-order valence-corrected chi connectivity index (χ3v) is 4.01. The fourth-order valence-electron chi connectivity index (χ4n) is 2.79. The summed E-state index contributed by atoms with van der Waals surface area (Å²) in [5.74, 6) is 0.489. The summed E-state index contributed by atoms with van der Waals surface area (Å²) in [6.45, 7) is 4.14. The van der Waals surface area contributed by atoms with Gasteiger partial charge in [-0.15, -0.1) is 0 Å². The van der Waals surface area contributed by atoms with Gasteiger partial charge in [0.2, 0.25) is 0 Å². The van der Waals surface area contributed by atoms with Crippen LogP contribution in [0.4, 0.5) is 5.69 Å². The van der Waals surface area contributed by atoms with Gasteiger partial charge in [0, 0.05) is 23.3 Å². The summed E-state index contributed by atoms with van der Waals surface area (Å²) >= 11 is 0. The predicted octanol–water partition coefficient (Wildman–Crippen LogP) is 3.71. The molecular weight excluding hydrogens is 304 g/mol. The molecule has 0 aliphatic rings. The summed E-state index contributed by atoms with van der Waals surface area (Å²) in [6, 6.07) is 11.2. The lowest BCUT2D eigenvalue weighted by atomic mass is 10.1. The molecule has 5 heteroatoms. The standard InChI is InChI=1S/C19H20N2O3/c1-4-24-19(22)13-5-7-14(8-6-13)21-11-16(20)15-9-12(2)18(23-3)10-17(15)21/h5-11H,4,20H2,1-3H3. The number of fused-ring (bicyclic) bond motifs is 1. The summed E-state index contributed by atoms with van der Waals surface area (Å²) in [5, 5.41) is 0.975. The van der Waals surface area contributed by atoms with Gasteiger partial charge in [-0.05, 0) is 49.7 Å². The van der Waals surface area contributed by atoms with Crippen molar-refractivity contribution in [2.45, 2.75) is 13.8 Å². The zero-order valence-corrected chi connectivity index (χ0v) is 14.0. The molecular formula is C19H20N2O3. The van der Waals surface area contributed by atoms with Gasteiger partial charge in [0.25, 0.3) is 0 Å². The maximum absolute atomic E-state index is 11.8. The lowest BCUT2D eigenvalue weighted by molar-refractivity contribution is 0.0526. The Bertz CT molecular complexity index is 895. The number of aryl methyl sites for hydroxylation is 1. The Kier molecular flexibility index (Phi) is 4.16. The van der Waals surface area contributed by atoms with Gasteiger partial charge in [-0.3, -0.25) is 0 Å². The molecule has 2 N–H and O–H groups in total. The van der Waals surface area contributed by atoms with E-state index in [4.69, 9.17) is 15.2 Å². The number of carbonyl (C=O) groups is 1. The van der Waals surface area contributed by atoms with Crippen LogP contribution < -0.4 is 10.5 Å². The van der Waals surface area contributed by atoms with Crippen LogP contribution in [0.25, 0.3) is 16.6 Å². The molecule has 2 aromatic carbocycles. The van der Waals surface area contributed by atoms with Gasteiger partial charge in [0.1, 0.15) is 5.75 Å². The van der Waals surface area contributed by atoms with Gasteiger partial charge in [0.15, 0.2) is 0 Å². The number of nitrogens with two attached hydrogens (primary N) is 1. The van der Waals surface area contributed by atoms with E-state index in [0.29, 0.717) is 17.9 Å². The van der Waals surface area contributed by atoms with Gasteiger partial charge in [-0.1, -0.05) is 0 Å². The van der Waals surface area contributed by atoms with Crippen LogP contribution in [0, 0.1) is 6.92 Å². The molecule has 0 saturated carbocycles. The number of carbonyl (C=O) groups excluding carboxylic acids is 1. The van der Waals surface area contributed by atoms with Gasteiger partial charge in [0.05, 0.1) is 30.5 Å². The zero-order valence-electron chi connectivity index (χ0n) is 14.0. The minimum absolute atomic E-state index is 0.321. The number of ether oxygens (including phenoxy) is 2. The summed E-state index contributed by atoms with van der Waals surface area (Å²) in [5.41, 5.74) is 10.3. The van der Waals surface area contributed by atoms with Gasteiger partial charge in [-0.2, -0.15) is 0 Å². The van der Waals surface area contributed by atoms with Crippen LogP contribution in [0.1, 0.15) is 22.8 Å². The van der Waals surface area contributed by atoms with Crippen molar-refractivity contribution >= 4 is 22.6 Å². The van der Waals surface area contributed by atoms with E-state index in [2.05, 4.69) is 0 Å². The van der Waals surface area contributed by atoms with Crippen LogP contribution in [0.5, 0.6) is 5.75 Å². The molecule has 0 fully saturated rings. The number of benzene rings is 2.